The fourth-order valence-electron chi connectivity index (χ4n) is 3.53. The van der Waals surface area contributed by atoms with Crippen molar-refractivity contribution in [2.24, 2.45) is 5.92 Å². The van der Waals surface area contributed by atoms with Crippen LogP contribution in [0.4, 0.5) is 0 Å². The minimum atomic E-state index is -0.489. The Hall–Kier alpha value is -2.45. The monoisotopic (exact) mass is 348 g/mol. The summed E-state index contributed by atoms with van der Waals surface area (Å²) in [5.41, 5.74) is -0.208. The second-order valence-corrected chi connectivity index (χ2v) is 7.19. The zero-order valence-corrected chi connectivity index (χ0v) is 14.9. The first kappa shape index (κ1) is 17.4. The van der Waals surface area contributed by atoms with E-state index in [1.807, 2.05) is 13.8 Å². The molecule has 136 valence electrons. The van der Waals surface area contributed by atoms with Gasteiger partial charge in [-0.05, 0) is 20.3 Å². The van der Waals surface area contributed by atoms with E-state index in [1.54, 1.807) is 21.7 Å². The largest absolute Gasteiger partial charge is 0.341 e. The molecule has 3 heterocycles. The van der Waals surface area contributed by atoms with Crippen molar-refractivity contribution in [1.29, 1.82) is 0 Å². The van der Waals surface area contributed by atoms with Gasteiger partial charge in [-0.1, -0.05) is 0 Å². The van der Waals surface area contributed by atoms with E-state index in [2.05, 4.69) is 15.4 Å². The number of likely N-dealkylation sites (tertiary alicyclic amines) is 1. The Morgan fingerprint density at radius 1 is 1.20 bits per heavy atom. The van der Waals surface area contributed by atoms with Crippen molar-refractivity contribution >= 4 is 17.7 Å². The maximum Gasteiger partial charge on any atom is 0.276 e. The second-order valence-electron chi connectivity index (χ2n) is 7.19. The van der Waals surface area contributed by atoms with E-state index in [1.165, 1.54) is 6.20 Å². The lowest BCUT2D eigenvalue weighted by molar-refractivity contribution is -0.137. The molecule has 1 aromatic heterocycles. The van der Waals surface area contributed by atoms with Crippen LogP contribution in [0.5, 0.6) is 0 Å². The van der Waals surface area contributed by atoms with Gasteiger partial charge in [0.2, 0.25) is 11.8 Å². The van der Waals surface area contributed by atoms with Crippen LogP contribution in [0.2, 0.25) is 0 Å². The number of hydrogen-bond donors (Lipinski definition) is 1. The van der Waals surface area contributed by atoms with Gasteiger partial charge < -0.3 is 14.7 Å². The van der Waals surface area contributed by atoms with Crippen LogP contribution in [0.15, 0.2) is 6.20 Å². The fourth-order valence-corrected chi connectivity index (χ4v) is 3.53. The quantitative estimate of drug-likeness (QED) is 0.793. The van der Waals surface area contributed by atoms with Crippen LogP contribution in [0, 0.1) is 5.92 Å². The standard InChI is InChI=1S/C16H24N6O3/c1-16(2)11(9-13(23)20(16)3)14(24)21-5-4-6-22(8-7-21)15(25)12-10-17-19-18-12/h10-11H,4-9H2,1-3H3,(H,17,18,19). The maximum atomic E-state index is 13.0. The minimum Gasteiger partial charge on any atom is -0.341 e. The van der Waals surface area contributed by atoms with Gasteiger partial charge in [-0.2, -0.15) is 15.4 Å². The summed E-state index contributed by atoms with van der Waals surface area (Å²) in [6, 6.07) is 0. The molecular formula is C16H24N6O3. The summed E-state index contributed by atoms with van der Waals surface area (Å²) in [6.07, 6.45) is 2.35. The van der Waals surface area contributed by atoms with E-state index < -0.39 is 5.54 Å². The lowest BCUT2D eigenvalue weighted by Crippen LogP contribution is -2.49. The number of amides is 3. The van der Waals surface area contributed by atoms with Crippen LogP contribution in [0.25, 0.3) is 0 Å². The smallest absolute Gasteiger partial charge is 0.276 e. The van der Waals surface area contributed by atoms with Crippen molar-refractivity contribution in [3.63, 3.8) is 0 Å². The van der Waals surface area contributed by atoms with Crippen LogP contribution >= 0.6 is 0 Å². The third-order valence-electron chi connectivity index (χ3n) is 5.50. The SMILES string of the molecule is CN1C(=O)CC(C(=O)N2CCCN(C(=O)c3cn[nH]n3)CC2)C1(C)C. The van der Waals surface area contributed by atoms with Crippen LogP contribution in [0.1, 0.15) is 37.2 Å². The molecule has 0 bridgehead atoms. The van der Waals surface area contributed by atoms with Crippen LogP contribution in [0.3, 0.4) is 0 Å². The third kappa shape index (κ3) is 3.10. The van der Waals surface area contributed by atoms with Gasteiger partial charge in [-0.15, -0.1) is 0 Å². The summed E-state index contributed by atoms with van der Waals surface area (Å²) in [6.45, 7) is 5.94. The molecule has 2 fully saturated rings. The Morgan fingerprint density at radius 3 is 2.48 bits per heavy atom. The van der Waals surface area contributed by atoms with Crippen molar-refractivity contribution < 1.29 is 14.4 Å². The molecule has 3 rings (SSSR count). The summed E-state index contributed by atoms with van der Waals surface area (Å²) in [5.74, 6) is -0.526. The summed E-state index contributed by atoms with van der Waals surface area (Å²) in [7, 11) is 1.75. The minimum absolute atomic E-state index is 0.000934. The molecule has 2 aliphatic heterocycles. The molecule has 0 aromatic carbocycles. The molecule has 1 unspecified atom stereocenters. The van der Waals surface area contributed by atoms with E-state index in [0.717, 1.165) is 0 Å². The van der Waals surface area contributed by atoms with E-state index >= 15 is 0 Å². The Bertz CT molecular complexity index is 671. The molecule has 1 atom stereocenters. The number of aromatic nitrogens is 3. The number of nitrogens with zero attached hydrogens (tertiary/aromatic N) is 5. The Labute approximate surface area is 146 Å². The average molecular weight is 348 g/mol. The van der Waals surface area contributed by atoms with E-state index in [-0.39, 0.29) is 35.8 Å². The van der Waals surface area contributed by atoms with Gasteiger partial charge in [-0.25, -0.2) is 0 Å². The molecule has 1 N–H and O–H groups in total. The fraction of sp³-hybridized carbons (Fsp3) is 0.688. The molecule has 2 saturated heterocycles. The number of nitrogens with one attached hydrogen (secondary N) is 1. The lowest BCUT2D eigenvalue weighted by Gasteiger charge is -2.35. The van der Waals surface area contributed by atoms with Gasteiger partial charge in [0.15, 0.2) is 5.69 Å². The normalized spacial score (nSPS) is 23.7. The third-order valence-corrected chi connectivity index (χ3v) is 5.50. The van der Waals surface area contributed by atoms with Crippen molar-refractivity contribution in [3.05, 3.63) is 11.9 Å². The van der Waals surface area contributed by atoms with Crippen LogP contribution in [-0.2, 0) is 9.59 Å². The van der Waals surface area contributed by atoms with Crippen molar-refractivity contribution in [1.82, 2.24) is 30.1 Å². The van der Waals surface area contributed by atoms with Gasteiger partial charge >= 0.3 is 0 Å². The number of rotatable bonds is 2. The Balaban J connectivity index is 1.66. The van der Waals surface area contributed by atoms with Gasteiger partial charge in [0, 0.05) is 45.2 Å². The molecule has 0 aliphatic carbocycles. The summed E-state index contributed by atoms with van der Waals surface area (Å²) in [4.78, 5) is 42.5. The molecule has 9 heteroatoms. The summed E-state index contributed by atoms with van der Waals surface area (Å²) in [5, 5.41) is 9.92. The molecule has 25 heavy (non-hydrogen) atoms. The van der Waals surface area contributed by atoms with Gasteiger partial charge in [0.05, 0.1) is 12.1 Å². The molecule has 2 aliphatic rings. The van der Waals surface area contributed by atoms with Crippen molar-refractivity contribution in [2.75, 3.05) is 33.2 Å². The first-order chi connectivity index (χ1) is 11.8. The van der Waals surface area contributed by atoms with Gasteiger partial charge in [-0.3, -0.25) is 14.4 Å². The molecule has 0 spiro atoms. The van der Waals surface area contributed by atoms with Gasteiger partial charge in [0.1, 0.15) is 0 Å². The first-order valence-corrected chi connectivity index (χ1v) is 8.53. The van der Waals surface area contributed by atoms with Crippen LogP contribution in [-0.4, -0.2) is 86.6 Å². The van der Waals surface area contributed by atoms with E-state index in [9.17, 15) is 14.4 Å². The molecule has 9 nitrogen and oxygen atoms in total. The first-order valence-electron chi connectivity index (χ1n) is 8.53. The maximum absolute atomic E-state index is 13.0. The number of carbonyl (C=O) groups is 3. The van der Waals surface area contributed by atoms with Crippen molar-refractivity contribution in [2.45, 2.75) is 32.2 Å². The highest BCUT2D eigenvalue weighted by Crippen LogP contribution is 2.35. The highest BCUT2D eigenvalue weighted by molar-refractivity contribution is 5.92. The summed E-state index contributed by atoms with van der Waals surface area (Å²) < 4.78 is 0. The highest BCUT2D eigenvalue weighted by atomic mass is 16.2. The Morgan fingerprint density at radius 2 is 1.88 bits per heavy atom. The highest BCUT2D eigenvalue weighted by Gasteiger charge is 2.49. The lowest BCUT2D eigenvalue weighted by atomic mass is 9.87. The average Bonchev–Trinajstić information content (AvgIpc) is 3.09. The van der Waals surface area contributed by atoms with Gasteiger partial charge in [0.25, 0.3) is 5.91 Å². The zero-order chi connectivity index (χ0) is 18.2. The molecular weight excluding hydrogens is 324 g/mol. The molecule has 1 aromatic rings. The second kappa shape index (κ2) is 6.45. The van der Waals surface area contributed by atoms with Crippen molar-refractivity contribution in [3.8, 4) is 0 Å². The number of H-pyrrole nitrogens is 1. The molecule has 0 saturated carbocycles. The predicted octanol–water partition coefficient (Wildman–Crippen LogP) is -0.264. The van der Waals surface area contributed by atoms with E-state index in [4.69, 9.17) is 0 Å². The molecule has 0 radical (unpaired) electrons. The predicted molar refractivity (Wildman–Crippen MR) is 88.4 cm³/mol. The zero-order valence-electron chi connectivity index (χ0n) is 14.9. The van der Waals surface area contributed by atoms with E-state index in [0.29, 0.717) is 32.6 Å². The number of aromatic amines is 1. The number of carbonyl (C=O) groups excluding carboxylic acids is 3. The molecule has 3 amide bonds. The summed E-state index contributed by atoms with van der Waals surface area (Å²) >= 11 is 0. The number of hydrogen-bond acceptors (Lipinski definition) is 5. The van der Waals surface area contributed by atoms with Crippen LogP contribution < -0.4 is 0 Å². The Kier molecular flexibility index (Phi) is 4.49. The topological polar surface area (TPSA) is 103 Å².